The summed E-state index contributed by atoms with van der Waals surface area (Å²) in [5.74, 6) is -0.729. The predicted octanol–water partition coefficient (Wildman–Crippen LogP) is 4.51. The van der Waals surface area contributed by atoms with Crippen molar-refractivity contribution in [2.75, 3.05) is 11.9 Å². The van der Waals surface area contributed by atoms with Crippen LogP contribution in [-0.4, -0.2) is 39.9 Å². The lowest BCUT2D eigenvalue weighted by Crippen LogP contribution is -2.23. The number of carboxylic acid groups (broad SMARTS) is 1. The van der Waals surface area contributed by atoms with E-state index in [1.807, 2.05) is 54.6 Å². The summed E-state index contributed by atoms with van der Waals surface area (Å²) in [6.07, 6.45) is 4.30. The SMILES string of the molecule is O=C(O)COC1CCC(c2ccc(C(=O)Nc3nnc(Cc4ccccc4)s3)cc2)CC1. The van der Waals surface area contributed by atoms with Crippen molar-refractivity contribution in [2.45, 2.75) is 44.1 Å². The molecule has 8 heteroatoms. The van der Waals surface area contributed by atoms with Crippen LogP contribution in [0.2, 0.25) is 0 Å². The van der Waals surface area contributed by atoms with Gasteiger partial charge in [-0.25, -0.2) is 4.79 Å². The Morgan fingerprint density at radius 1 is 1.00 bits per heavy atom. The van der Waals surface area contributed by atoms with Crippen molar-refractivity contribution >= 4 is 28.3 Å². The normalized spacial score (nSPS) is 18.2. The standard InChI is InChI=1S/C24H25N3O4S/c28-22(29)15-31-20-12-10-18(11-13-20)17-6-8-19(9-7-17)23(30)25-24-27-26-21(32-24)14-16-4-2-1-3-5-16/h1-9,18,20H,10-15H2,(H,28,29)(H,25,27,30). The van der Waals surface area contributed by atoms with Crippen LogP contribution in [0.25, 0.3) is 0 Å². The molecule has 0 saturated heterocycles. The number of anilines is 1. The van der Waals surface area contributed by atoms with Gasteiger partial charge in [0.25, 0.3) is 5.91 Å². The van der Waals surface area contributed by atoms with Gasteiger partial charge in [0.15, 0.2) is 0 Å². The minimum Gasteiger partial charge on any atom is -0.480 e. The zero-order chi connectivity index (χ0) is 22.3. The molecule has 0 aliphatic heterocycles. The average molecular weight is 452 g/mol. The Morgan fingerprint density at radius 3 is 2.41 bits per heavy atom. The first-order valence-electron chi connectivity index (χ1n) is 10.7. The molecule has 1 heterocycles. The van der Waals surface area contributed by atoms with E-state index in [0.29, 0.717) is 23.0 Å². The molecule has 1 fully saturated rings. The Hall–Kier alpha value is -3.10. The summed E-state index contributed by atoms with van der Waals surface area (Å²) in [7, 11) is 0. The lowest BCUT2D eigenvalue weighted by molar-refractivity contribution is -0.145. The van der Waals surface area contributed by atoms with Crippen LogP contribution >= 0.6 is 11.3 Å². The Morgan fingerprint density at radius 2 is 1.72 bits per heavy atom. The number of carbonyl (C=O) groups excluding carboxylic acids is 1. The number of amides is 1. The number of hydrogen-bond acceptors (Lipinski definition) is 6. The smallest absolute Gasteiger partial charge is 0.329 e. The second kappa shape index (κ2) is 10.5. The fourth-order valence-electron chi connectivity index (χ4n) is 3.97. The lowest BCUT2D eigenvalue weighted by atomic mass is 9.82. The molecule has 2 N–H and O–H groups in total. The lowest BCUT2D eigenvalue weighted by Gasteiger charge is -2.28. The van der Waals surface area contributed by atoms with Gasteiger partial charge in [0.05, 0.1) is 6.10 Å². The molecule has 1 aromatic heterocycles. The molecule has 0 radical (unpaired) electrons. The fourth-order valence-corrected chi connectivity index (χ4v) is 4.74. The summed E-state index contributed by atoms with van der Waals surface area (Å²) < 4.78 is 5.41. The molecule has 1 aliphatic rings. The molecule has 32 heavy (non-hydrogen) atoms. The monoisotopic (exact) mass is 451 g/mol. The van der Waals surface area contributed by atoms with Crippen molar-refractivity contribution in [2.24, 2.45) is 0 Å². The highest BCUT2D eigenvalue weighted by molar-refractivity contribution is 7.15. The quantitative estimate of drug-likeness (QED) is 0.523. The van der Waals surface area contributed by atoms with Crippen LogP contribution in [0, 0.1) is 0 Å². The number of nitrogens with one attached hydrogen (secondary N) is 1. The van der Waals surface area contributed by atoms with Gasteiger partial charge in [-0.05, 0) is 54.9 Å². The molecule has 1 amide bonds. The Bertz CT molecular complexity index is 1040. The van der Waals surface area contributed by atoms with Gasteiger partial charge in [-0.2, -0.15) is 0 Å². The zero-order valence-electron chi connectivity index (χ0n) is 17.6. The van der Waals surface area contributed by atoms with E-state index in [1.54, 1.807) is 0 Å². The molecule has 1 saturated carbocycles. The third-order valence-electron chi connectivity index (χ3n) is 5.65. The molecule has 4 rings (SSSR count). The van der Waals surface area contributed by atoms with Crippen LogP contribution in [0.3, 0.4) is 0 Å². The molecule has 2 aromatic carbocycles. The van der Waals surface area contributed by atoms with E-state index >= 15 is 0 Å². The highest BCUT2D eigenvalue weighted by Gasteiger charge is 2.23. The van der Waals surface area contributed by atoms with Crippen LogP contribution in [0.15, 0.2) is 54.6 Å². The second-order valence-corrected chi connectivity index (χ2v) is 8.98. The average Bonchev–Trinajstić information content (AvgIpc) is 3.25. The van der Waals surface area contributed by atoms with E-state index in [-0.39, 0.29) is 18.6 Å². The van der Waals surface area contributed by atoms with Crippen LogP contribution in [0.5, 0.6) is 0 Å². The maximum atomic E-state index is 12.6. The van der Waals surface area contributed by atoms with Gasteiger partial charge in [-0.3, -0.25) is 10.1 Å². The summed E-state index contributed by atoms with van der Waals surface area (Å²) in [5.41, 5.74) is 2.92. The first-order chi connectivity index (χ1) is 15.6. The summed E-state index contributed by atoms with van der Waals surface area (Å²) in [5, 5.41) is 21.2. The Labute approximate surface area is 190 Å². The molecule has 3 aromatic rings. The van der Waals surface area contributed by atoms with Crippen molar-refractivity contribution < 1.29 is 19.4 Å². The zero-order valence-corrected chi connectivity index (χ0v) is 18.4. The molecular weight excluding hydrogens is 426 g/mol. The van der Waals surface area contributed by atoms with Gasteiger partial charge in [0, 0.05) is 12.0 Å². The number of rotatable bonds is 8. The highest BCUT2D eigenvalue weighted by Crippen LogP contribution is 2.34. The van der Waals surface area contributed by atoms with E-state index in [9.17, 15) is 9.59 Å². The van der Waals surface area contributed by atoms with Crippen molar-refractivity contribution in [1.82, 2.24) is 10.2 Å². The number of carboxylic acids is 1. The Kier molecular flexibility index (Phi) is 7.24. The van der Waals surface area contributed by atoms with Gasteiger partial charge in [0.2, 0.25) is 5.13 Å². The van der Waals surface area contributed by atoms with Crippen molar-refractivity contribution in [3.8, 4) is 0 Å². The summed E-state index contributed by atoms with van der Waals surface area (Å²) in [6, 6.07) is 17.7. The van der Waals surface area contributed by atoms with Crippen molar-refractivity contribution in [3.05, 3.63) is 76.3 Å². The maximum absolute atomic E-state index is 12.6. The number of aliphatic carboxylic acids is 1. The van der Waals surface area contributed by atoms with Crippen LogP contribution < -0.4 is 5.32 Å². The number of nitrogens with zero attached hydrogens (tertiary/aromatic N) is 2. The third kappa shape index (κ3) is 5.99. The number of hydrogen-bond donors (Lipinski definition) is 2. The minimum atomic E-state index is -0.929. The third-order valence-corrected chi connectivity index (χ3v) is 6.49. The Balaban J connectivity index is 1.29. The number of ether oxygens (including phenoxy) is 1. The minimum absolute atomic E-state index is 0.0195. The van der Waals surface area contributed by atoms with Gasteiger partial charge >= 0.3 is 5.97 Å². The van der Waals surface area contributed by atoms with Crippen LogP contribution in [0.4, 0.5) is 5.13 Å². The van der Waals surface area contributed by atoms with E-state index in [2.05, 4.69) is 15.5 Å². The van der Waals surface area contributed by atoms with Crippen LogP contribution in [0.1, 0.15) is 58.1 Å². The van der Waals surface area contributed by atoms with Crippen molar-refractivity contribution in [3.63, 3.8) is 0 Å². The number of carbonyl (C=O) groups is 2. The molecule has 7 nitrogen and oxygen atoms in total. The first kappa shape index (κ1) is 22.1. The second-order valence-electron chi connectivity index (χ2n) is 7.92. The maximum Gasteiger partial charge on any atom is 0.329 e. The topological polar surface area (TPSA) is 101 Å². The van der Waals surface area contributed by atoms with Crippen molar-refractivity contribution in [1.29, 1.82) is 0 Å². The molecule has 0 atom stereocenters. The summed E-state index contributed by atoms with van der Waals surface area (Å²) in [6.45, 7) is -0.235. The highest BCUT2D eigenvalue weighted by atomic mass is 32.1. The summed E-state index contributed by atoms with van der Waals surface area (Å²) in [4.78, 5) is 23.2. The van der Waals surface area contributed by atoms with Gasteiger partial charge in [0.1, 0.15) is 11.6 Å². The van der Waals surface area contributed by atoms with E-state index in [1.165, 1.54) is 16.9 Å². The molecular formula is C24H25N3O4S. The first-order valence-corrected chi connectivity index (χ1v) is 11.5. The fraction of sp³-hybridized carbons (Fsp3) is 0.333. The number of aromatic nitrogens is 2. The summed E-state index contributed by atoms with van der Waals surface area (Å²) >= 11 is 1.38. The molecule has 0 spiro atoms. The van der Waals surface area contributed by atoms with E-state index < -0.39 is 5.97 Å². The van der Waals surface area contributed by atoms with Gasteiger partial charge in [-0.15, -0.1) is 10.2 Å². The molecule has 1 aliphatic carbocycles. The predicted molar refractivity (Wildman–Crippen MR) is 122 cm³/mol. The van der Waals surface area contributed by atoms with Gasteiger partial charge < -0.3 is 9.84 Å². The van der Waals surface area contributed by atoms with E-state index in [0.717, 1.165) is 36.3 Å². The molecule has 0 bridgehead atoms. The van der Waals surface area contributed by atoms with E-state index in [4.69, 9.17) is 9.84 Å². The largest absolute Gasteiger partial charge is 0.480 e. The number of benzene rings is 2. The molecule has 166 valence electrons. The van der Waals surface area contributed by atoms with Gasteiger partial charge in [-0.1, -0.05) is 53.8 Å². The molecule has 0 unspecified atom stereocenters. The van der Waals surface area contributed by atoms with Crippen LogP contribution in [-0.2, 0) is 16.0 Å².